The van der Waals surface area contributed by atoms with Gasteiger partial charge in [-0.1, -0.05) is 40.7 Å². The van der Waals surface area contributed by atoms with E-state index in [4.69, 9.17) is 0 Å². The van der Waals surface area contributed by atoms with Crippen LogP contribution < -0.4 is 16.0 Å². The normalized spacial score (nSPS) is 30.5. The van der Waals surface area contributed by atoms with E-state index in [1.165, 1.54) is 6.07 Å². The molecule has 9 nitrogen and oxygen atoms in total. The third kappa shape index (κ3) is 5.73. The van der Waals surface area contributed by atoms with Crippen LogP contribution in [0.3, 0.4) is 0 Å². The predicted molar refractivity (Wildman–Crippen MR) is 156 cm³/mol. The zero-order valence-electron chi connectivity index (χ0n) is 24.7. The molecule has 2 saturated carbocycles. The van der Waals surface area contributed by atoms with Crippen LogP contribution >= 0.6 is 15.9 Å². The van der Waals surface area contributed by atoms with Crippen LogP contribution in [-0.2, 0) is 24.0 Å². The van der Waals surface area contributed by atoms with Gasteiger partial charge in [0.15, 0.2) is 0 Å². The summed E-state index contributed by atoms with van der Waals surface area (Å²) in [5.74, 6) is -2.28. The molecule has 4 fully saturated rings. The monoisotopic (exact) mass is 646 g/mol. The minimum absolute atomic E-state index is 0.0695. The van der Waals surface area contributed by atoms with Crippen LogP contribution in [0, 0.1) is 40.3 Å². The number of hydrogen-bond acceptors (Lipinski definition) is 5. The van der Waals surface area contributed by atoms with E-state index in [0.717, 1.165) is 5.56 Å². The Morgan fingerprint density at radius 1 is 1.21 bits per heavy atom. The molecule has 0 radical (unpaired) electrons. The van der Waals surface area contributed by atoms with Crippen molar-refractivity contribution in [3.05, 3.63) is 34.1 Å². The van der Waals surface area contributed by atoms with E-state index in [1.807, 2.05) is 20.8 Å². The number of nitrogens with zero attached hydrogens (tertiary/aromatic N) is 1. The Hall–Kier alpha value is -2.82. The summed E-state index contributed by atoms with van der Waals surface area (Å²) >= 11 is 3.16. The smallest absolute Gasteiger partial charge is 0.246 e. The van der Waals surface area contributed by atoms with Crippen LogP contribution in [0.4, 0.5) is 4.39 Å². The second kappa shape index (κ2) is 11.0. The Morgan fingerprint density at radius 3 is 2.52 bits per heavy atom. The fourth-order valence-corrected chi connectivity index (χ4v) is 7.31. The Bertz CT molecular complexity index is 1310. The van der Waals surface area contributed by atoms with Crippen molar-refractivity contribution in [2.24, 2.45) is 34.5 Å². The first-order valence-electron chi connectivity index (χ1n) is 14.7. The second-order valence-electron chi connectivity index (χ2n) is 14.1. The van der Waals surface area contributed by atoms with Crippen molar-refractivity contribution in [1.29, 1.82) is 0 Å². The SMILES string of the molecule is CC(C)(C)C(NC(=O)C1CC1c1ccc(Br)c(F)c1)C(=O)N1CC2C(C1C(=O)NC(C=O)CC1CCNC1=O)C2(C)C. The van der Waals surface area contributed by atoms with Crippen molar-refractivity contribution < 1.29 is 28.4 Å². The lowest BCUT2D eigenvalue weighted by molar-refractivity contribution is -0.146. The number of hydrogen-bond donors (Lipinski definition) is 3. The number of benzene rings is 1. The number of amides is 4. The molecule has 0 aromatic heterocycles. The van der Waals surface area contributed by atoms with Crippen molar-refractivity contribution in [2.45, 2.75) is 77.9 Å². The highest BCUT2D eigenvalue weighted by Gasteiger charge is 2.70. The zero-order valence-corrected chi connectivity index (χ0v) is 26.3. The van der Waals surface area contributed by atoms with Crippen LogP contribution in [0.5, 0.6) is 0 Å². The van der Waals surface area contributed by atoms with Crippen molar-refractivity contribution in [3.63, 3.8) is 0 Å². The lowest BCUT2D eigenvalue weighted by Crippen LogP contribution is -2.60. The summed E-state index contributed by atoms with van der Waals surface area (Å²) in [5, 5.41) is 8.53. The molecule has 4 amide bonds. The van der Waals surface area contributed by atoms with Gasteiger partial charge in [0, 0.05) is 24.9 Å². The Balaban J connectivity index is 1.29. The molecular formula is C31H40BrFN4O5. The van der Waals surface area contributed by atoms with Gasteiger partial charge in [0.05, 0.1) is 10.5 Å². The average Bonchev–Trinajstić information content (AvgIpc) is 3.67. The van der Waals surface area contributed by atoms with Gasteiger partial charge >= 0.3 is 0 Å². The molecule has 2 aliphatic heterocycles. The molecule has 1 aromatic rings. The maximum absolute atomic E-state index is 14.1. The molecule has 228 valence electrons. The maximum Gasteiger partial charge on any atom is 0.246 e. The van der Waals surface area contributed by atoms with E-state index < -0.39 is 29.4 Å². The lowest BCUT2D eigenvalue weighted by atomic mass is 9.85. The number of halogens is 2. The van der Waals surface area contributed by atoms with Crippen molar-refractivity contribution in [1.82, 2.24) is 20.9 Å². The summed E-state index contributed by atoms with van der Waals surface area (Å²) in [6.45, 7) is 10.7. The highest BCUT2D eigenvalue weighted by molar-refractivity contribution is 9.10. The molecule has 1 aromatic carbocycles. The van der Waals surface area contributed by atoms with Gasteiger partial charge in [-0.25, -0.2) is 4.39 Å². The Kier molecular flexibility index (Phi) is 8.04. The van der Waals surface area contributed by atoms with Crippen LogP contribution in [-0.4, -0.2) is 66.0 Å². The molecule has 2 aliphatic carbocycles. The largest absolute Gasteiger partial charge is 0.356 e. The van der Waals surface area contributed by atoms with E-state index in [1.54, 1.807) is 17.0 Å². The molecule has 5 rings (SSSR count). The van der Waals surface area contributed by atoms with E-state index in [2.05, 4.69) is 45.7 Å². The number of fused-ring (bicyclic) bond motifs is 1. The number of aldehydes is 1. The minimum Gasteiger partial charge on any atom is -0.356 e. The van der Waals surface area contributed by atoms with Gasteiger partial charge in [-0.2, -0.15) is 0 Å². The molecule has 2 saturated heterocycles. The van der Waals surface area contributed by atoms with Crippen molar-refractivity contribution in [2.75, 3.05) is 13.1 Å². The van der Waals surface area contributed by atoms with E-state index >= 15 is 0 Å². The highest BCUT2D eigenvalue weighted by Crippen LogP contribution is 2.65. The van der Waals surface area contributed by atoms with Gasteiger partial charge in [-0.15, -0.1) is 0 Å². The molecule has 11 heteroatoms. The molecule has 0 bridgehead atoms. The minimum atomic E-state index is -0.882. The summed E-state index contributed by atoms with van der Waals surface area (Å²) in [7, 11) is 0. The quantitative estimate of drug-likeness (QED) is 0.356. The number of piperidine rings is 1. The summed E-state index contributed by atoms with van der Waals surface area (Å²) in [4.78, 5) is 66.7. The van der Waals surface area contributed by atoms with Crippen molar-refractivity contribution >= 4 is 45.8 Å². The molecule has 8 atom stereocenters. The third-order valence-electron chi connectivity index (χ3n) is 9.85. The predicted octanol–water partition coefficient (Wildman–Crippen LogP) is 2.92. The van der Waals surface area contributed by atoms with Gasteiger partial charge in [0.2, 0.25) is 23.6 Å². The van der Waals surface area contributed by atoms with E-state index in [-0.39, 0.29) is 65.0 Å². The zero-order chi connectivity index (χ0) is 30.7. The number of carbonyl (C=O) groups excluding carboxylic acids is 5. The van der Waals surface area contributed by atoms with Crippen LogP contribution in [0.2, 0.25) is 0 Å². The molecule has 4 aliphatic rings. The first kappa shape index (κ1) is 30.6. The van der Waals surface area contributed by atoms with E-state index in [0.29, 0.717) is 36.7 Å². The molecule has 2 heterocycles. The van der Waals surface area contributed by atoms with Crippen LogP contribution in [0.1, 0.15) is 65.4 Å². The third-order valence-corrected chi connectivity index (χ3v) is 10.5. The highest BCUT2D eigenvalue weighted by atomic mass is 79.9. The lowest BCUT2D eigenvalue weighted by Gasteiger charge is -2.38. The van der Waals surface area contributed by atoms with Gasteiger partial charge in [-0.05, 0) is 81.5 Å². The summed E-state index contributed by atoms with van der Waals surface area (Å²) in [6, 6.07) is 2.36. The van der Waals surface area contributed by atoms with Gasteiger partial charge < -0.3 is 25.6 Å². The fraction of sp³-hybridized carbons (Fsp3) is 0.645. The number of likely N-dealkylation sites (tertiary alicyclic amines) is 1. The Morgan fingerprint density at radius 2 is 1.93 bits per heavy atom. The molecular weight excluding hydrogens is 607 g/mol. The number of rotatable bonds is 9. The van der Waals surface area contributed by atoms with E-state index in [9.17, 15) is 28.4 Å². The van der Waals surface area contributed by atoms with Crippen molar-refractivity contribution in [3.8, 4) is 0 Å². The fourth-order valence-electron chi connectivity index (χ4n) is 7.07. The average molecular weight is 648 g/mol. The van der Waals surface area contributed by atoms with Gasteiger partial charge in [0.1, 0.15) is 24.2 Å². The van der Waals surface area contributed by atoms with Crippen LogP contribution in [0.25, 0.3) is 0 Å². The first-order chi connectivity index (χ1) is 19.6. The van der Waals surface area contributed by atoms with Crippen LogP contribution in [0.15, 0.2) is 22.7 Å². The topological polar surface area (TPSA) is 125 Å². The summed E-state index contributed by atoms with van der Waals surface area (Å²) in [6.07, 6.45) is 2.04. The molecule has 8 unspecified atom stereocenters. The molecule has 0 spiro atoms. The standard InChI is InChI=1S/C31H40BrFN4O5/c1-30(2,3)25(36-27(40)19-12-18(19)15-6-7-21(32)22(33)11-15)29(42)37-13-20-23(31(20,4)5)24(37)28(41)35-17(14-38)10-16-8-9-34-26(16)39/h6-7,11,14,16-20,23-25H,8-10,12-13H2,1-5H3,(H,34,39)(H,35,41)(H,36,40). The molecule has 3 N–H and O–H groups in total. The number of nitrogens with one attached hydrogen (secondary N) is 3. The second-order valence-corrected chi connectivity index (χ2v) is 14.9. The Labute approximate surface area is 254 Å². The van der Waals surface area contributed by atoms with Gasteiger partial charge in [0.25, 0.3) is 0 Å². The van der Waals surface area contributed by atoms with Gasteiger partial charge in [-0.3, -0.25) is 19.2 Å². The maximum atomic E-state index is 14.1. The summed E-state index contributed by atoms with van der Waals surface area (Å²) in [5.41, 5.74) is -0.0405. The molecule has 42 heavy (non-hydrogen) atoms. The number of carbonyl (C=O) groups is 5. The summed E-state index contributed by atoms with van der Waals surface area (Å²) < 4.78 is 14.4. The first-order valence-corrected chi connectivity index (χ1v) is 15.5.